The number of hydrogen-bond acceptors (Lipinski definition) is 5. The van der Waals surface area contributed by atoms with E-state index in [-0.39, 0.29) is 12.1 Å². The van der Waals surface area contributed by atoms with Gasteiger partial charge in [0.15, 0.2) is 0 Å². The van der Waals surface area contributed by atoms with E-state index >= 15 is 0 Å². The molecule has 7 heteroatoms. The van der Waals surface area contributed by atoms with Gasteiger partial charge in [0, 0.05) is 58.4 Å². The molecule has 2 amide bonds. The predicted octanol–water partition coefficient (Wildman–Crippen LogP) is 2.74. The number of nitrogens with zero attached hydrogens (tertiary/aromatic N) is 3. The number of morpholine rings is 1. The van der Waals surface area contributed by atoms with E-state index in [1.165, 1.54) is 5.56 Å². The van der Waals surface area contributed by atoms with Crippen molar-refractivity contribution in [3.63, 3.8) is 0 Å². The molecule has 2 saturated heterocycles. The fourth-order valence-electron chi connectivity index (χ4n) is 4.87. The molecule has 184 valence electrons. The summed E-state index contributed by atoms with van der Waals surface area (Å²) < 4.78 is 5.48. The Morgan fingerprint density at radius 1 is 1.00 bits per heavy atom. The molecule has 2 unspecified atom stereocenters. The molecule has 0 spiro atoms. The number of amides is 2. The van der Waals surface area contributed by atoms with Crippen LogP contribution in [0.1, 0.15) is 29.6 Å². The van der Waals surface area contributed by atoms with Crippen LogP contribution in [-0.4, -0.2) is 93.4 Å². The van der Waals surface area contributed by atoms with Gasteiger partial charge in [0.2, 0.25) is 0 Å². The first kappa shape index (κ1) is 24.7. The molecule has 2 aromatic carbocycles. The molecular weight excluding hydrogens is 426 g/mol. The number of carbonyl (C=O) groups is 1. The maximum Gasteiger partial charge on any atom is 0.315 e. The van der Waals surface area contributed by atoms with Crippen LogP contribution >= 0.6 is 0 Å². The molecule has 34 heavy (non-hydrogen) atoms. The highest BCUT2D eigenvalue weighted by atomic mass is 16.5. The number of ether oxygens (including phenoxy) is 1. The van der Waals surface area contributed by atoms with Gasteiger partial charge in [0.1, 0.15) is 0 Å². The molecule has 2 aliphatic heterocycles. The highest BCUT2D eigenvalue weighted by molar-refractivity contribution is 5.74. The largest absolute Gasteiger partial charge is 0.379 e. The summed E-state index contributed by atoms with van der Waals surface area (Å²) in [6.45, 7) is 8.92. The first-order valence-corrected chi connectivity index (χ1v) is 12.6. The number of piperazine rings is 1. The Morgan fingerprint density at radius 3 is 2.44 bits per heavy atom. The third-order valence-corrected chi connectivity index (χ3v) is 6.84. The van der Waals surface area contributed by atoms with E-state index in [2.05, 4.69) is 74.8 Å². The van der Waals surface area contributed by atoms with Crippen molar-refractivity contribution in [3.05, 3.63) is 71.8 Å². The van der Waals surface area contributed by atoms with Crippen molar-refractivity contribution in [2.24, 2.45) is 0 Å². The van der Waals surface area contributed by atoms with Gasteiger partial charge in [-0.3, -0.25) is 9.80 Å². The predicted molar refractivity (Wildman–Crippen MR) is 136 cm³/mol. The van der Waals surface area contributed by atoms with E-state index in [1.807, 2.05) is 18.2 Å². The molecule has 2 aliphatic rings. The van der Waals surface area contributed by atoms with E-state index in [9.17, 15) is 4.79 Å². The second-order valence-electron chi connectivity index (χ2n) is 9.35. The van der Waals surface area contributed by atoms with Gasteiger partial charge in [-0.2, -0.15) is 0 Å². The summed E-state index contributed by atoms with van der Waals surface area (Å²) in [7, 11) is 2.19. The number of nitrogens with one attached hydrogen (secondary N) is 2. The van der Waals surface area contributed by atoms with Gasteiger partial charge < -0.3 is 20.3 Å². The summed E-state index contributed by atoms with van der Waals surface area (Å²) in [6, 6.07) is 21.3. The van der Waals surface area contributed by atoms with E-state index in [1.54, 1.807) is 0 Å². The molecule has 0 bridgehead atoms. The molecular formula is C27H39N5O2. The van der Waals surface area contributed by atoms with Crippen LogP contribution < -0.4 is 10.6 Å². The SMILES string of the molecule is CN1CCN(CCCNC(=O)NC(CN2CCOCC2)c2ccccc2)C(c2ccccc2)C1. The molecule has 0 aromatic heterocycles. The van der Waals surface area contributed by atoms with Crippen LogP contribution in [0.25, 0.3) is 0 Å². The fourth-order valence-corrected chi connectivity index (χ4v) is 4.87. The summed E-state index contributed by atoms with van der Waals surface area (Å²) in [5, 5.41) is 6.30. The zero-order valence-electron chi connectivity index (χ0n) is 20.4. The van der Waals surface area contributed by atoms with Crippen molar-refractivity contribution in [2.45, 2.75) is 18.5 Å². The third kappa shape index (κ3) is 7.27. The molecule has 2 aromatic rings. The normalized spacial score (nSPS) is 21.1. The van der Waals surface area contributed by atoms with E-state index in [4.69, 9.17) is 4.74 Å². The lowest BCUT2D eigenvalue weighted by atomic mass is 10.0. The molecule has 0 radical (unpaired) electrons. The lowest BCUT2D eigenvalue weighted by Gasteiger charge is -2.40. The molecule has 2 heterocycles. The van der Waals surface area contributed by atoms with Crippen LogP contribution in [0, 0.1) is 0 Å². The topological polar surface area (TPSA) is 60.1 Å². The Balaban J connectivity index is 1.25. The van der Waals surface area contributed by atoms with Crippen LogP contribution in [0.5, 0.6) is 0 Å². The average molecular weight is 466 g/mol. The van der Waals surface area contributed by atoms with Crippen LogP contribution in [-0.2, 0) is 4.74 Å². The van der Waals surface area contributed by atoms with Crippen LogP contribution in [0.4, 0.5) is 4.79 Å². The van der Waals surface area contributed by atoms with Crippen LogP contribution in [0.15, 0.2) is 60.7 Å². The Bertz CT molecular complexity index is 860. The Labute approximate surface area is 204 Å². The van der Waals surface area contributed by atoms with Crippen LogP contribution in [0.3, 0.4) is 0 Å². The van der Waals surface area contributed by atoms with Gasteiger partial charge in [-0.1, -0.05) is 60.7 Å². The molecule has 4 rings (SSSR count). The third-order valence-electron chi connectivity index (χ3n) is 6.84. The quantitative estimate of drug-likeness (QED) is 0.558. The molecule has 0 saturated carbocycles. The minimum Gasteiger partial charge on any atom is -0.379 e. The highest BCUT2D eigenvalue weighted by Crippen LogP contribution is 2.24. The second-order valence-corrected chi connectivity index (χ2v) is 9.35. The van der Waals surface area contributed by atoms with E-state index in [0.717, 1.165) is 71.0 Å². The van der Waals surface area contributed by atoms with Crippen molar-refractivity contribution in [3.8, 4) is 0 Å². The van der Waals surface area contributed by atoms with Gasteiger partial charge in [-0.15, -0.1) is 0 Å². The highest BCUT2D eigenvalue weighted by Gasteiger charge is 2.26. The Hall–Kier alpha value is -2.45. The van der Waals surface area contributed by atoms with Crippen molar-refractivity contribution in [1.29, 1.82) is 0 Å². The number of rotatable bonds is 9. The average Bonchev–Trinajstić information content (AvgIpc) is 2.88. The van der Waals surface area contributed by atoms with Crippen LogP contribution in [0.2, 0.25) is 0 Å². The molecule has 7 nitrogen and oxygen atoms in total. The fraction of sp³-hybridized carbons (Fsp3) is 0.519. The number of carbonyl (C=O) groups excluding carboxylic acids is 1. The van der Waals surface area contributed by atoms with Gasteiger partial charge in [0.25, 0.3) is 0 Å². The van der Waals surface area contributed by atoms with E-state index in [0.29, 0.717) is 12.6 Å². The zero-order valence-corrected chi connectivity index (χ0v) is 20.4. The van der Waals surface area contributed by atoms with E-state index < -0.39 is 0 Å². The first-order chi connectivity index (χ1) is 16.7. The monoisotopic (exact) mass is 465 g/mol. The maximum atomic E-state index is 12.8. The van der Waals surface area contributed by atoms with Crippen molar-refractivity contribution < 1.29 is 9.53 Å². The number of urea groups is 1. The first-order valence-electron chi connectivity index (χ1n) is 12.6. The summed E-state index contributed by atoms with van der Waals surface area (Å²) >= 11 is 0. The van der Waals surface area contributed by atoms with Crippen molar-refractivity contribution in [1.82, 2.24) is 25.3 Å². The minimum absolute atomic E-state index is 0.0422. The van der Waals surface area contributed by atoms with Crippen molar-refractivity contribution in [2.75, 3.05) is 72.6 Å². The van der Waals surface area contributed by atoms with Gasteiger partial charge in [-0.25, -0.2) is 4.79 Å². The minimum atomic E-state index is -0.0971. The molecule has 2 N–H and O–H groups in total. The maximum absolute atomic E-state index is 12.8. The Kier molecular flexibility index (Phi) is 9.33. The van der Waals surface area contributed by atoms with Gasteiger partial charge >= 0.3 is 6.03 Å². The zero-order chi connectivity index (χ0) is 23.6. The summed E-state index contributed by atoms with van der Waals surface area (Å²) in [4.78, 5) is 20.1. The Morgan fingerprint density at radius 2 is 1.71 bits per heavy atom. The number of likely N-dealkylation sites (N-methyl/N-ethyl adjacent to an activating group) is 1. The number of hydrogen-bond donors (Lipinski definition) is 2. The second kappa shape index (κ2) is 12.9. The molecule has 0 aliphatic carbocycles. The van der Waals surface area contributed by atoms with Gasteiger partial charge in [-0.05, 0) is 24.6 Å². The summed E-state index contributed by atoms with van der Waals surface area (Å²) in [5.41, 5.74) is 2.50. The molecule has 2 fully saturated rings. The molecule has 2 atom stereocenters. The van der Waals surface area contributed by atoms with Gasteiger partial charge in [0.05, 0.1) is 19.3 Å². The summed E-state index contributed by atoms with van der Waals surface area (Å²) in [6.07, 6.45) is 0.930. The van der Waals surface area contributed by atoms with Crippen molar-refractivity contribution >= 4 is 6.03 Å². The number of benzene rings is 2. The summed E-state index contributed by atoms with van der Waals surface area (Å²) in [5.74, 6) is 0. The lowest BCUT2D eigenvalue weighted by Crippen LogP contribution is -2.48. The standard InChI is InChI=1S/C27H39N5O2/c1-30-15-16-32(26(22-30)24-11-6-3-7-12-24)14-8-13-28-27(33)29-25(23-9-4-2-5-10-23)21-31-17-19-34-20-18-31/h2-7,9-12,25-26H,8,13-22H2,1H3,(H2,28,29,33). The smallest absolute Gasteiger partial charge is 0.315 e. The lowest BCUT2D eigenvalue weighted by molar-refractivity contribution is 0.0339.